The second kappa shape index (κ2) is 15.4. The van der Waals surface area contributed by atoms with Crippen molar-refractivity contribution in [3.05, 3.63) is 205 Å². The normalized spacial score (nSPS) is 10.7. The number of aryl methyl sites for hydroxylation is 1. The van der Waals surface area contributed by atoms with E-state index >= 15 is 0 Å². The Morgan fingerprint density at radius 1 is 0.327 bits per heavy atom. The third kappa shape index (κ3) is 8.50. The monoisotopic (exact) mass is 678 g/mol. The van der Waals surface area contributed by atoms with E-state index in [0.29, 0.717) is 0 Å². The molecular weight excluding hydrogens is 641 g/mol. The SMILES string of the molecule is C=C(C)c1ccc(Oc2ccc(Oc3ccc(C(=C)c4ccc(Oc5ccc(-c6ccc(Oc7ccc(C)cc7)cc6)cc5)cc4)cc3)cc2)cc1. The number of rotatable bonds is 12. The van der Waals surface area contributed by atoms with Crippen molar-refractivity contribution in [1.82, 2.24) is 0 Å². The zero-order valence-electron chi connectivity index (χ0n) is 29.2. The first-order valence-corrected chi connectivity index (χ1v) is 17.1. The van der Waals surface area contributed by atoms with Gasteiger partial charge in [-0.15, -0.1) is 0 Å². The first-order chi connectivity index (χ1) is 25.3. The first kappa shape index (κ1) is 33.7. The van der Waals surface area contributed by atoms with E-state index in [1.54, 1.807) is 0 Å². The molecule has 7 aromatic rings. The Labute approximate surface area is 305 Å². The Morgan fingerprint density at radius 2 is 0.558 bits per heavy atom. The average molecular weight is 679 g/mol. The quantitative estimate of drug-likeness (QED) is 0.129. The van der Waals surface area contributed by atoms with Gasteiger partial charge in [-0.3, -0.25) is 0 Å². The summed E-state index contributed by atoms with van der Waals surface area (Å²) in [5, 5.41) is 0. The number of allylic oxidation sites excluding steroid dienone is 1. The van der Waals surface area contributed by atoms with Gasteiger partial charge in [-0.2, -0.15) is 0 Å². The Balaban J connectivity index is 0.905. The van der Waals surface area contributed by atoms with Crippen LogP contribution < -0.4 is 18.9 Å². The minimum Gasteiger partial charge on any atom is -0.457 e. The molecule has 0 atom stereocenters. The second-order valence-electron chi connectivity index (χ2n) is 12.6. The molecule has 0 spiro atoms. The molecule has 4 heteroatoms. The van der Waals surface area contributed by atoms with Crippen LogP contribution in [0.25, 0.3) is 22.3 Å². The van der Waals surface area contributed by atoms with Gasteiger partial charge < -0.3 is 18.9 Å². The van der Waals surface area contributed by atoms with Gasteiger partial charge in [-0.25, -0.2) is 0 Å². The highest BCUT2D eigenvalue weighted by atomic mass is 16.5. The molecule has 0 aliphatic rings. The van der Waals surface area contributed by atoms with Gasteiger partial charge in [0, 0.05) is 0 Å². The van der Waals surface area contributed by atoms with Crippen LogP contribution in [-0.2, 0) is 0 Å². The lowest BCUT2D eigenvalue weighted by Gasteiger charge is -2.11. The summed E-state index contributed by atoms with van der Waals surface area (Å²) >= 11 is 0. The van der Waals surface area contributed by atoms with E-state index in [1.165, 1.54) is 5.56 Å². The van der Waals surface area contributed by atoms with E-state index in [1.807, 2.05) is 153 Å². The van der Waals surface area contributed by atoms with Crippen molar-refractivity contribution in [2.45, 2.75) is 13.8 Å². The van der Waals surface area contributed by atoms with Gasteiger partial charge in [0.2, 0.25) is 0 Å². The molecule has 0 radical (unpaired) electrons. The minimum absolute atomic E-state index is 0.722. The molecule has 0 aliphatic carbocycles. The summed E-state index contributed by atoms with van der Waals surface area (Å²) in [5.74, 6) is 6.11. The van der Waals surface area contributed by atoms with E-state index in [-0.39, 0.29) is 0 Å². The highest BCUT2D eigenvalue weighted by molar-refractivity contribution is 5.78. The molecule has 0 aromatic heterocycles. The summed E-state index contributed by atoms with van der Waals surface area (Å²) in [6.07, 6.45) is 0. The predicted molar refractivity (Wildman–Crippen MR) is 212 cm³/mol. The van der Waals surface area contributed by atoms with Gasteiger partial charge in [0.1, 0.15) is 46.0 Å². The summed E-state index contributed by atoms with van der Waals surface area (Å²) in [6.45, 7) is 12.4. The van der Waals surface area contributed by atoms with Crippen LogP contribution in [0.5, 0.6) is 46.0 Å². The Hall–Kier alpha value is -6.78. The van der Waals surface area contributed by atoms with Gasteiger partial charge in [0.15, 0.2) is 0 Å². The fourth-order valence-electron chi connectivity index (χ4n) is 5.58. The van der Waals surface area contributed by atoms with Crippen LogP contribution in [0.4, 0.5) is 0 Å². The molecular formula is C48H38O4. The van der Waals surface area contributed by atoms with Gasteiger partial charge in [-0.1, -0.05) is 97.1 Å². The van der Waals surface area contributed by atoms with Crippen LogP contribution >= 0.6 is 0 Å². The molecule has 7 rings (SSSR count). The number of hydrogen-bond donors (Lipinski definition) is 0. The summed E-state index contributed by atoms with van der Waals surface area (Å²) in [7, 11) is 0. The van der Waals surface area contributed by atoms with Crippen molar-refractivity contribution in [1.29, 1.82) is 0 Å². The average Bonchev–Trinajstić information content (AvgIpc) is 3.18. The van der Waals surface area contributed by atoms with E-state index in [4.69, 9.17) is 18.9 Å². The second-order valence-corrected chi connectivity index (χ2v) is 12.6. The van der Waals surface area contributed by atoms with E-state index < -0.39 is 0 Å². The van der Waals surface area contributed by atoms with Gasteiger partial charge in [0.05, 0.1) is 0 Å². The molecule has 0 saturated heterocycles. The van der Waals surface area contributed by atoms with Crippen LogP contribution in [-0.4, -0.2) is 0 Å². The summed E-state index contributed by atoms with van der Waals surface area (Å²) in [6, 6.07) is 55.6. The van der Waals surface area contributed by atoms with Crippen LogP contribution in [0.1, 0.15) is 29.2 Å². The van der Waals surface area contributed by atoms with Gasteiger partial charge in [-0.05, 0) is 144 Å². The smallest absolute Gasteiger partial charge is 0.127 e. The van der Waals surface area contributed by atoms with E-state index in [0.717, 1.165) is 85.0 Å². The van der Waals surface area contributed by atoms with Crippen molar-refractivity contribution >= 4 is 11.1 Å². The molecule has 4 nitrogen and oxygen atoms in total. The lowest BCUT2D eigenvalue weighted by atomic mass is 9.99. The van der Waals surface area contributed by atoms with E-state index in [2.05, 4.69) is 44.3 Å². The third-order valence-corrected chi connectivity index (χ3v) is 8.58. The van der Waals surface area contributed by atoms with Crippen molar-refractivity contribution in [2.75, 3.05) is 0 Å². The highest BCUT2D eigenvalue weighted by Crippen LogP contribution is 2.32. The Morgan fingerprint density at radius 3 is 0.846 bits per heavy atom. The standard InChI is InChI=1S/C48H38O4/c1-33(2)36-7-19-42(20-8-36)51-47-29-31-48(32-30-47)52-44-23-11-38(12-24-44)35(4)37-9-21-43(22-10-37)50-46-27-15-40(16-28-46)39-13-25-45(26-14-39)49-41-17-5-34(3)6-18-41/h5-32H,1,4H2,2-3H3. The molecule has 0 amide bonds. The zero-order chi connectivity index (χ0) is 35.9. The van der Waals surface area contributed by atoms with Crippen molar-refractivity contribution in [3.8, 4) is 57.1 Å². The van der Waals surface area contributed by atoms with Gasteiger partial charge >= 0.3 is 0 Å². The Kier molecular flexibility index (Phi) is 9.99. The maximum Gasteiger partial charge on any atom is 0.127 e. The topological polar surface area (TPSA) is 36.9 Å². The minimum atomic E-state index is 0.722. The van der Waals surface area contributed by atoms with Crippen molar-refractivity contribution in [3.63, 3.8) is 0 Å². The number of hydrogen-bond acceptors (Lipinski definition) is 4. The summed E-state index contributed by atoms with van der Waals surface area (Å²) in [4.78, 5) is 0. The summed E-state index contributed by atoms with van der Waals surface area (Å²) in [5.41, 5.74) is 8.45. The number of benzene rings is 7. The maximum atomic E-state index is 6.15. The third-order valence-electron chi connectivity index (χ3n) is 8.58. The molecule has 0 saturated carbocycles. The molecule has 0 fully saturated rings. The van der Waals surface area contributed by atoms with Gasteiger partial charge in [0.25, 0.3) is 0 Å². The molecule has 0 bridgehead atoms. The molecule has 0 heterocycles. The van der Waals surface area contributed by atoms with Crippen LogP contribution in [0.15, 0.2) is 183 Å². The molecule has 7 aromatic carbocycles. The van der Waals surface area contributed by atoms with Crippen molar-refractivity contribution in [2.24, 2.45) is 0 Å². The van der Waals surface area contributed by atoms with E-state index in [9.17, 15) is 0 Å². The number of ether oxygens (including phenoxy) is 4. The summed E-state index contributed by atoms with van der Waals surface area (Å²) < 4.78 is 24.2. The molecule has 0 N–H and O–H groups in total. The highest BCUT2D eigenvalue weighted by Gasteiger charge is 2.07. The molecule has 0 aliphatic heterocycles. The van der Waals surface area contributed by atoms with Crippen molar-refractivity contribution < 1.29 is 18.9 Å². The van der Waals surface area contributed by atoms with Crippen LogP contribution in [0, 0.1) is 6.92 Å². The fraction of sp³-hybridized carbons (Fsp3) is 0.0417. The molecule has 254 valence electrons. The molecule has 52 heavy (non-hydrogen) atoms. The first-order valence-electron chi connectivity index (χ1n) is 17.1. The lowest BCUT2D eigenvalue weighted by Crippen LogP contribution is -1.90. The molecule has 0 unspecified atom stereocenters. The van der Waals surface area contributed by atoms with Crippen LogP contribution in [0.3, 0.4) is 0 Å². The predicted octanol–water partition coefficient (Wildman–Crippen LogP) is 13.9. The Bertz CT molecular complexity index is 2270. The largest absolute Gasteiger partial charge is 0.457 e. The van der Waals surface area contributed by atoms with Crippen LogP contribution in [0.2, 0.25) is 0 Å². The lowest BCUT2D eigenvalue weighted by molar-refractivity contribution is 0.469. The zero-order valence-corrected chi connectivity index (χ0v) is 29.2. The maximum absolute atomic E-state index is 6.15. The fourth-order valence-corrected chi connectivity index (χ4v) is 5.58.